The van der Waals surface area contributed by atoms with Gasteiger partial charge in [-0.15, -0.1) is 11.8 Å². The van der Waals surface area contributed by atoms with Crippen LogP contribution in [0.2, 0.25) is 0 Å². The first kappa shape index (κ1) is 15.6. The van der Waals surface area contributed by atoms with Gasteiger partial charge in [0.05, 0.1) is 17.6 Å². The second-order valence-corrected chi connectivity index (χ2v) is 3.90. The van der Waals surface area contributed by atoms with E-state index in [1.54, 1.807) is 6.07 Å². The zero-order valence-corrected chi connectivity index (χ0v) is 9.35. The fraction of sp³-hybridized carbons (Fsp3) is 0.625. The highest BCUT2D eigenvalue weighted by Crippen LogP contribution is 2.17. The molecular weight excluding hydrogens is 261 g/mol. The first-order valence-corrected chi connectivity index (χ1v) is 5.42. The Morgan fingerprint density at radius 3 is 2.41 bits per heavy atom. The molecule has 0 rings (SSSR count). The Bertz CT molecular complexity index is 327. The van der Waals surface area contributed by atoms with Crippen molar-refractivity contribution >= 4 is 23.6 Å². The SMILES string of the molecule is N#CCSCC(=O)N(CC(=O)O)CC(F)(F)F. The van der Waals surface area contributed by atoms with Gasteiger partial charge in [-0.3, -0.25) is 9.59 Å². The number of hydrogen-bond donors (Lipinski definition) is 1. The number of alkyl halides is 3. The van der Waals surface area contributed by atoms with Gasteiger partial charge in [-0.2, -0.15) is 18.4 Å². The van der Waals surface area contributed by atoms with E-state index in [1.165, 1.54) is 0 Å². The number of nitriles is 1. The number of nitrogens with zero attached hydrogens (tertiary/aromatic N) is 2. The third kappa shape index (κ3) is 8.38. The summed E-state index contributed by atoms with van der Waals surface area (Å²) >= 11 is 0.830. The molecular formula is C8H9F3N2O3S. The number of rotatable bonds is 6. The summed E-state index contributed by atoms with van der Waals surface area (Å²) in [6, 6.07) is 1.70. The average Bonchev–Trinajstić information content (AvgIpc) is 2.14. The molecule has 0 atom stereocenters. The van der Waals surface area contributed by atoms with Crippen LogP contribution in [0.25, 0.3) is 0 Å². The molecule has 0 aromatic heterocycles. The lowest BCUT2D eigenvalue weighted by atomic mass is 10.4. The predicted molar refractivity (Wildman–Crippen MR) is 53.2 cm³/mol. The smallest absolute Gasteiger partial charge is 0.406 e. The second-order valence-electron chi connectivity index (χ2n) is 2.91. The third-order valence-electron chi connectivity index (χ3n) is 1.44. The monoisotopic (exact) mass is 270 g/mol. The molecule has 1 N–H and O–H groups in total. The van der Waals surface area contributed by atoms with E-state index >= 15 is 0 Å². The summed E-state index contributed by atoms with van der Waals surface area (Å²) in [6.07, 6.45) is -4.65. The van der Waals surface area contributed by atoms with Crippen LogP contribution in [0, 0.1) is 11.3 Å². The van der Waals surface area contributed by atoms with Crippen molar-refractivity contribution in [3.63, 3.8) is 0 Å². The van der Waals surface area contributed by atoms with Gasteiger partial charge in [-0.05, 0) is 0 Å². The molecule has 9 heteroatoms. The minimum Gasteiger partial charge on any atom is -0.480 e. The van der Waals surface area contributed by atoms with Gasteiger partial charge in [-0.25, -0.2) is 0 Å². The van der Waals surface area contributed by atoms with Crippen LogP contribution < -0.4 is 0 Å². The molecule has 0 bridgehead atoms. The van der Waals surface area contributed by atoms with Crippen LogP contribution in [0.15, 0.2) is 0 Å². The van der Waals surface area contributed by atoms with Gasteiger partial charge in [0.15, 0.2) is 0 Å². The summed E-state index contributed by atoms with van der Waals surface area (Å²) in [5.41, 5.74) is 0. The first-order chi connectivity index (χ1) is 7.76. The molecule has 5 nitrogen and oxygen atoms in total. The number of thioether (sulfide) groups is 1. The Hall–Kier alpha value is -1.43. The van der Waals surface area contributed by atoms with Crippen LogP contribution in [0.4, 0.5) is 13.2 Å². The number of carboxylic acids is 1. The number of carbonyl (C=O) groups excluding carboxylic acids is 1. The minimum atomic E-state index is -4.65. The molecule has 17 heavy (non-hydrogen) atoms. The molecule has 0 aliphatic rings. The maximum absolute atomic E-state index is 12.1. The lowest BCUT2D eigenvalue weighted by Crippen LogP contribution is -2.42. The topological polar surface area (TPSA) is 81.4 Å². The Morgan fingerprint density at radius 2 is 2.00 bits per heavy atom. The number of halogens is 3. The summed E-state index contributed by atoms with van der Waals surface area (Å²) in [6.45, 7) is -2.61. The Balaban J connectivity index is 4.41. The summed E-state index contributed by atoms with van der Waals surface area (Å²) < 4.78 is 36.2. The van der Waals surface area contributed by atoms with Gasteiger partial charge in [0.1, 0.15) is 13.1 Å². The van der Waals surface area contributed by atoms with Crippen molar-refractivity contribution in [1.82, 2.24) is 4.90 Å². The van der Waals surface area contributed by atoms with E-state index in [9.17, 15) is 22.8 Å². The largest absolute Gasteiger partial charge is 0.480 e. The first-order valence-electron chi connectivity index (χ1n) is 4.27. The van der Waals surface area contributed by atoms with Gasteiger partial charge >= 0.3 is 12.1 Å². The number of amides is 1. The van der Waals surface area contributed by atoms with E-state index in [4.69, 9.17) is 10.4 Å². The van der Waals surface area contributed by atoms with E-state index in [1.807, 2.05) is 0 Å². The van der Waals surface area contributed by atoms with Crippen LogP contribution in [0.3, 0.4) is 0 Å². The Morgan fingerprint density at radius 1 is 1.41 bits per heavy atom. The summed E-state index contributed by atoms with van der Waals surface area (Å²) in [5, 5.41) is 16.6. The van der Waals surface area contributed by atoms with E-state index < -0.39 is 31.1 Å². The zero-order valence-electron chi connectivity index (χ0n) is 8.53. The summed E-state index contributed by atoms with van der Waals surface area (Å²) in [4.78, 5) is 21.8. The van der Waals surface area contributed by atoms with Crippen molar-refractivity contribution in [1.29, 1.82) is 5.26 Å². The highest BCUT2D eigenvalue weighted by atomic mass is 32.2. The maximum Gasteiger partial charge on any atom is 0.406 e. The average molecular weight is 270 g/mol. The number of hydrogen-bond acceptors (Lipinski definition) is 4. The van der Waals surface area contributed by atoms with Crippen molar-refractivity contribution < 1.29 is 27.9 Å². The van der Waals surface area contributed by atoms with E-state index in [0.717, 1.165) is 11.8 Å². The number of carbonyl (C=O) groups is 2. The molecule has 0 unspecified atom stereocenters. The van der Waals surface area contributed by atoms with E-state index in [2.05, 4.69) is 0 Å². The van der Waals surface area contributed by atoms with E-state index in [-0.39, 0.29) is 16.4 Å². The van der Waals surface area contributed by atoms with Crippen molar-refractivity contribution in [3.8, 4) is 6.07 Å². The summed E-state index contributed by atoms with van der Waals surface area (Å²) in [7, 11) is 0. The highest BCUT2D eigenvalue weighted by molar-refractivity contribution is 8.00. The molecule has 0 fully saturated rings. The minimum absolute atomic E-state index is 0.0430. The maximum atomic E-state index is 12.1. The normalized spacial score (nSPS) is 10.7. The molecule has 1 amide bonds. The van der Waals surface area contributed by atoms with Crippen LogP contribution >= 0.6 is 11.8 Å². The highest BCUT2D eigenvalue weighted by Gasteiger charge is 2.33. The quantitative estimate of drug-likeness (QED) is 0.719. The molecule has 0 aromatic rings. The fourth-order valence-corrected chi connectivity index (χ4v) is 1.44. The van der Waals surface area contributed by atoms with Crippen LogP contribution in [-0.2, 0) is 9.59 Å². The van der Waals surface area contributed by atoms with Crippen LogP contribution in [-0.4, -0.2) is 52.7 Å². The lowest BCUT2D eigenvalue weighted by Gasteiger charge is -2.21. The second kappa shape index (κ2) is 7.01. The molecule has 0 aliphatic heterocycles. The van der Waals surface area contributed by atoms with Crippen molar-refractivity contribution in [2.45, 2.75) is 6.18 Å². The molecule has 0 saturated heterocycles. The van der Waals surface area contributed by atoms with Gasteiger partial charge in [0.25, 0.3) is 0 Å². The van der Waals surface area contributed by atoms with Crippen molar-refractivity contribution in [2.75, 3.05) is 24.6 Å². The zero-order chi connectivity index (χ0) is 13.5. The summed E-state index contributed by atoms with van der Waals surface area (Å²) in [5.74, 6) is -2.87. The molecule has 0 spiro atoms. The van der Waals surface area contributed by atoms with Crippen molar-refractivity contribution in [2.24, 2.45) is 0 Å². The third-order valence-corrected chi connectivity index (χ3v) is 2.23. The number of carboxylic acid groups (broad SMARTS) is 1. The predicted octanol–water partition coefficient (Wildman–Crippen LogP) is 0.719. The Labute approximate surface area is 99.2 Å². The number of aliphatic carboxylic acids is 1. The Kier molecular flexibility index (Phi) is 6.42. The molecule has 0 heterocycles. The molecule has 0 saturated carbocycles. The molecule has 0 aromatic carbocycles. The van der Waals surface area contributed by atoms with Gasteiger partial charge < -0.3 is 10.0 Å². The molecule has 96 valence electrons. The van der Waals surface area contributed by atoms with Gasteiger partial charge in [0.2, 0.25) is 5.91 Å². The fourth-order valence-electron chi connectivity index (χ4n) is 0.887. The van der Waals surface area contributed by atoms with Gasteiger partial charge in [-0.1, -0.05) is 0 Å². The lowest BCUT2D eigenvalue weighted by molar-refractivity contribution is -0.164. The van der Waals surface area contributed by atoms with Crippen molar-refractivity contribution in [3.05, 3.63) is 0 Å². The standard InChI is InChI=1S/C8H9F3N2O3S/c9-8(10,11)5-13(3-7(15)16)6(14)4-17-2-1-12/h2-5H2,(H,15,16). The van der Waals surface area contributed by atoms with E-state index in [0.29, 0.717) is 0 Å². The van der Waals surface area contributed by atoms with Crippen LogP contribution in [0.1, 0.15) is 0 Å². The molecule has 0 radical (unpaired) electrons. The van der Waals surface area contributed by atoms with Crippen LogP contribution in [0.5, 0.6) is 0 Å². The van der Waals surface area contributed by atoms with Gasteiger partial charge in [0, 0.05) is 0 Å². The molecule has 0 aliphatic carbocycles.